The van der Waals surface area contributed by atoms with E-state index < -0.39 is 6.04 Å². The van der Waals surface area contributed by atoms with E-state index in [4.69, 9.17) is 15.2 Å². The molecule has 4 nitrogen and oxygen atoms in total. The van der Waals surface area contributed by atoms with E-state index in [1.54, 1.807) is 19.1 Å². The van der Waals surface area contributed by atoms with Gasteiger partial charge in [-0.2, -0.15) is 0 Å². The van der Waals surface area contributed by atoms with Crippen LogP contribution in [-0.4, -0.2) is 26.0 Å². The molecule has 0 aliphatic carbocycles. The van der Waals surface area contributed by atoms with Crippen molar-refractivity contribution in [2.24, 2.45) is 5.73 Å². The second kappa shape index (κ2) is 5.32. The predicted octanol–water partition coefficient (Wildman–Crippen LogP) is 2.00. The van der Waals surface area contributed by atoms with Crippen LogP contribution < -0.4 is 15.2 Å². The van der Waals surface area contributed by atoms with Crippen molar-refractivity contribution in [3.8, 4) is 11.5 Å². The zero-order valence-electron chi connectivity index (χ0n) is 9.41. The molecule has 1 atom stereocenters. The summed E-state index contributed by atoms with van der Waals surface area (Å²) in [6, 6.07) is 2.76. The van der Waals surface area contributed by atoms with Gasteiger partial charge in [-0.05, 0) is 35.0 Å². The van der Waals surface area contributed by atoms with Crippen LogP contribution in [-0.2, 0) is 0 Å². The van der Waals surface area contributed by atoms with Gasteiger partial charge in [-0.15, -0.1) is 0 Å². The van der Waals surface area contributed by atoms with Crippen molar-refractivity contribution in [2.75, 3.05) is 14.2 Å². The van der Waals surface area contributed by atoms with E-state index in [-0.39, 0.29) is 5.78 Å². The molecule has 1 aromatic carbocycles. The Morgan fingerprint density at radius 3 is 2.25 bits per heavy atom. The SMILES string of the molecule is COc1cc(Br)c(C(=O)C(C)N)cc1OC. The highest BCUT2D eigenvalue weighted by atomic mass is 79.9. The van der Waals surface area contributed by atoms with E-state index in [0.717, 1.165) is 0 Å². The summed E-state index contributed by atoms with van der Waals surface area (Å²) in [6.45, 7) is 1.64. The highest BCUT2D eigenvalue weighted by molar-refractivity contribution is 9.10. The Bertz CT molecular complexity index is 404. The molecule has 0 amide bonds. The zero-order chi connectivity index (χ0) is 12.3. The van der Waals surface area contributed by atoms with Crippen LogP contribution in [0.25, 0.3) is 0 Å². The Morgan fingerprint density at radius 2 is 1.81 bits per heavy atom. The summed E-state index contributed by atoms with van der Waals surface area (Å²) in [4.78, 5) is 11.8. The number of methoxy groups -OCH3 is 2. The van der Waals surface area contributed by atoms with Gasteiger partial charge >= 0.3 is 0 Å². The van der Waals surface area contributed by atoms with Gasteiger partial charge in [0.2, 0.25) is 0 Å². The second-order valence-corrected chi connectivity index (χ2v) is 4.19. The molecule has 0 bridgehead atoms. The van der Waals surface area contributed by atoms with E-state index in [1.807, 2.05) is 0 Å². The third kappa shape index (κ3) is 2.54. The second-order valence-electron chi connectivity index (χ2n) is 3.34. The molecule has 0 radical (unpaired) electrons. The maximum atomic E-state index is 11.8. The summed E-state index contributed by atoms with van der Waals surface area (Å²) in [5, 5.41) is 0. The normalized spacial score (nSPS) is 12.1. The standard InChI is InChI=1S/C11H14BrNO3/c1-6(13)11(14)7-4-9(15-2)10(16-3)5-8(7)12/h4-6H,13H2,1-3H3. The quantitative estimate of drug-likeness (QED) is 0.861. The van der Waals surface area contributed by atoms with Crippen LogP contribution in [0.1, 0.15) is 17.3 Å². The van der Waals surface area contributed by atoms with E-state index in [1.165, 1.54) is 14.2 Å². The molecule has 1 rings (SSSR count). The van der Waals surface area contributed by atoms with Crippen LogP contribution in [0.4, 0.5) is 0 Å². The molecular formula is C11H14BrNO3. The van der Waals surface area contributed by atoms with Crippen LogP contribution in [0.3, 0.4) is 0 Å². The molecule has 1 unspecified atom stereocenters. The molecule has 88 valence electrons. The van der Waals surface area contributed by atoms with Crippen LogP contribution >= 0.6 is 15.9 Å². The lowest BCUT2D eigenvalue weighted by atomic mass is 10.1. The van der Waals surface area contributed by atoms with Gasteiger partial charge < -0.3 is 15.2 Å². The Labute approximate surface area is 103 Å². The first-order valence-electron chi connectivity index (χ1n) is 4.72. The van der Waals surface area contributed by atoms with Gasteiger partial charge in [-0.3, -0.25) is 4.79 Å². The van der Waals surface area contributed by atoms with E-state index in [9.17, 15) is 4.79 Å². The molecule has 1 aromatic rings. The van der Waals surface area contributed by atoms with Crippen LogP contribution in [0.15, 0.2) is 16.6 Å². The third-order valence-electron chi connectivity index (χ3n) is 2.15. The van der Waals surface area contributed by atoms with Gasteiger partial charge in [-0.1, -0.05) is 0 Å². The number of benzene rings is 1. The Morgan fingerprint density at radius 1 is 1.31 bits per heavy atom. The van der Waals surface area contributed by atoms with Crippen molar-refractivity contribution in [1.29, 1.82) is 0 Å². The van der Waals surface area contributed by atoms with Crippen molar-refractivity contribution < 1.29 is 14.3 Å². The maximum absolute atomic E-state index is 11.8. The first kappa shape index (κ1) is 13.0. The van der Waals surface area contributed by atoms with Crippen LogP contribution in [0.5, 0.6) is 11.5 Å². The topological polar surface area (TPSA) is 61.5 Å². The zero-order valence-corrected chi connectivity index (χ0v) is 11.0. The number of ketones is 1. The summed E-state index contributed by atoms with van der Waals surface area (Å²) >= 11 is 3.31. The number of carbonyl (C=O) groups is 1. The fraction of sp³-hybridized carbons (Fsp3) is 0.364. The minimum absolute atomic E-state index is 0.146. The van der Waals surface area contributed by atoms with Gasteiger partial charge in [0.15, 0.2) is 17.3 Å². The molecule has 0 aliphatic heterocycles. The molecule has 16 heavy (non-hydrogen) atoms. The molecule has 0 saturated heterocycles. The molecule has 0 heterocycles. The number of nitrogens with two attached hydrogens (primary N) is 1. The molecule has 0 fully saturated rings. The number of rotatable bonds is 4. The number of halogens is 1. The van der Waals surface area contributed by atoms with Gasteiger partial charge in [0.05, 0.1) is 20.3 Å². The Kier molecular flexibility index (Phi) is 4.32. The molecule has 0 spiro atoms. The number of hydrogen-bond donors (Lipinski definition) is 1. The van der Waals surface area contributed by atoms with E-state index >= 15 is 0 Å². The molecule has 2 N–H and O–H groups in total. The molecular weight excluding hydrogens is 274 g/mol. The van der Waals surface area contributed by atoms with Crippen molar-refractivity contribution in [1.82, 2.24) is 0 Å². The van der Waals surface area contributed by atoms with Gasteiger partial charge in [0.25, 0.3) is 0 Å². The maximum Gasteiger partial charge on any atom is 0.180 e. The van der Waals surface area contributed by atoms with Crippen molar-refractivity contribution >= 4 is 21.7 Å². The van der Waals surface area contributed by atoms with Gasteiger partial charge in [0.1, 0.15) is 0 Å². The van der Waals surface area contributed by atoms with E-state index in [2.05, 4.69) is 15.9 Å². The van der Waals surface area contributed by atoms with Crippen molar-refractivity contribution in [3.05, 3.63) is 22.2 Å². The Balaban J connectivity index is 3.26. The minimum Gasteiger partial charge on any atom is -0.493 e. The largest absolute Gasteiger partial charge is 0.493 e. The smallest absolute Gasteiger partial charge is 0.180 e. The summed E-state index contributed by atoms with van der Waals surface area (Å²) in [5.74, 6) is 0.929. The average Bonchev–Trinajstić information content (AvgIpc) is 2.27. The molecule has 5 heteroatoms. The third-order valence-corrected chi connectivity index (χ3v) is 2.81. The molecule has 0 aliphatic rings. The van der Waals surface area contributed by atoms with Crippen LogP contribution in [0, 0.1) is 0 Å². The Hall–Kier alpha value is -1.07. The monoisotopic (exact) mass is 287 g/mol. The number of Topliss-reactive ketones (excluding diaryl/α,β-unsaturated/α-hetero) is 1. The first-order valence-corrected chi connectivity index (χ1v) is 5.51. The lowest BCUT2D eigenvalue weighted by molar-refractivity contribution is 0.0967. The summed E-state index contributed by atoms with van der Waals surface area (Å²) < 4.78 is 10.9. The fourth-order valence-corrected chi connectivity index (χ4v) is 1.81. The minimum atomic E-state index is -0.547. The van der Waals surface area contributed by atoms with Gasteiger partial charge in [0, 0.05) is 10.0 Å². The lowest BCUT2D eigenvalue weighted by Gasteiger charge is -2.12. The summed E-state index contributed by atoms with van der Waals surface area (Å²) in [5.41, 5.74) is 6.05. The lowest BCUT2D eigenvalue weighted by Crippen LogP contribution is -2.27. The molecule has 0 saturated carbocycles. The highest BCUT2D eigenvalue weighted by Gasteiger charge is 2.17. The summed E-state index contributed by atoms with van der Waals surface area (Å²) in [7, 11) is 3.06. The van der Waals surface area contributed by atoms with Crippen LogP contribution in [0.2, 0.25) is 0 Å². The van der Waals surface area contributed by atoms with Crippen molar-refractivity contribution in [3.63, 3.8) is 0 Å². The predicted molar refractivity (Wildman–Crippen MR) is 65.2 cm³/mol. The van der Waals surface area contributed by atoms with Gasteiger partial charge in [-0.25, -0.2) is 0 Å². The number of hydrogen-bond acceptors (Lipinski definition) is 4. The van der Waals surface area contributed by atoms with Crippen molar-refractivity contribution in [2.45, 2.75) is 13.0 Å². The highest BCUT2D eigenvalue weighted by Crippen LogP contribution is 2.33. The first-order chi connectivity index (χ1) is 7.51. The summed E-state index contributed by atoms with van der Waals surface area (Å²) in [6.07, 6.45) is 0. The average molecular weight is 288 g/mol. The fourth-order valence-electron chi connectivity index (χ4n) is 1.29. The molecule has 0 aromatic heterocycles. The number of carbonyl (C=O) groups excluding carboxylic acids is 1. The number of ether oxygens (including phenoxy) is 2. The van der Waals surface area contributed by atoms with E-state index in [0.29, 0.717) is 21.5 Å².